The Labute approximate surface area is 244 Å². The molecule has 10 heteroatoms. The maximum atomic E-state index is 13.4. The Kier molecular flexibility index (Phi) is 7.58. The van der Waals surface area contributed by atoms with E-state index in [-0.39, 0.29) is 29.7 Å². The zero-order valence-corrected chi connectivity index (χ0v) is 23.3. The minimum atomic E-state index is -0.751. The van der Waals surface area contributed by atoms with Crippen molar-refractivity contribution in [3.05, 3.63) is 119 Å². The number of amides is 2. The number of carbonyl (C=O) groups excluding carboxylic acids is 3. The number of benzene rings is 3. The van der Waals surface area contributed by atoms with Gasteiger partial charge in [-0.05, 0) is 29.3 Å². The van der Waals surface area contributed by atoms with Crippen LogP contribution in [0.4, 0.5) is 0 Å². The predicted molar refractivity (Wildman–Crippen MR) is 157 cm³/mol. The monoisotopic (exact) mass is 583 g/mol. The largest absolute Gasteiger partial charge is 0.507 e. The smallest absolute Gasteiger partial charge is 0.355 e. The maximum absolute atomic E-state index is 13.4. The molecule has 0 bridgehead atoms. The highest BCUT2D eigenvalue weighted by Crippen LogP contribution is 2.39. The third-order valence-electron chi connectivity index (χ3n) is 6.83. The van der Waals surface area contributed by atoms with Gasteiger partial charge in [0, 0.05) is 11.1 Å². The van der Waals surface area contributed by atoms with Gasteiger partial charge in [0.25, 0.3) is 5.91 Å². The summed E-state index contributed by atoms with van der Waals surface area (Å²) in [6.45, 7) is 0. The van der Waals surface area contributed by atoms with Gasteiger partial charge in [0.05, 0.1) is 17.7 Å². The van der Waals surface area contributed by atoms with Crippen LogP contribution in [0.3, 0.4) is 0 Å². The van der Waals surface area contributed by atoms with E-state index in [9.17, 15) is 19.5 Å². The zero-order chi connectivity index (χ0) is 28.3. The van der Waals surface area contributed by atoms with Crippen LogP contribution in [0, 0.1) is 0 Å². The molecular formula is C31H25N3O5S2. The molecule has 1 fully saturated rings. The van der Waals surface area contributed by atoms with Gasteiger partial charge in [-0.25, -0.2) is 9.78 Å². The first-order valence-electron chi connectivity index (χ1n) is 13.0. The molecule has 0 saturated carbocycles. The number of thiazole rings is 1. The Bertz CT molecular complexity index is 1580. The predicted octanol–water partition coefficient (Wildman–Crippen LogP) is 4.67. The molecule has 2 amide bonds. The number of thioether (sulfide) groups is 1. The summed E-state index contributed by atoms with van der Waals surface area (Å²) >= 11 is 2.81. The summed E-state index contributed by atoms with van der Waals surface area (Å²) in [4.78, 5) is 45.3. The van der Waals surface area contributed by atoms with Gasteiger partial charge in [-0.15, -0.1) is 23.1 Å². The van der Waals surface area contributed by atoms with E-state index in [0.29, 0.717) is 22.0 Å². The number of phenolic OH excluding ortho intramolecular Hbond substituents is 1. The summed E-state index contributed by atoms with van der Waals surface area (Å²) in [7, 11) is 0. The molecule has 4 aromatic rings. The number of ether oxygens (including phenoxy) is 1. The van der Waals surface area contributed by atoms with E-state index < -0.39 is 23.5 Å². The summed E-state index contributed by atoms with van der Waals surface area (Å²) in [5.41, 5.74) is 2.97. The normalized spacial score (nSPS) is 17.8. The van der Waals surface area contributed by atoms with Crippen molar-refractivity contribution >= 4 is 40.9 Å². The number of hydrogen-bond acceptors (Lipinski definition) is 8. The number of nitrogens with zero attached hydrogens (tertiary/aromatic N) is 2. The molecule has 3 heterocycles. The SMILES string of the molecule is O=C(Cc1csc(-c2ccccc2O)n1)NC1C(=O)N2C(C(=O)OC(c3ccccc3)c3ccccc3)=CCSC12. The Balaban J connectivity index is 1.11. The van der Waals surface area contributed by atoms with Crippen molar-refractivity contribution in [1.82, 2.24) is 15.2 Å². The highest BCUT2D eigenvalue weighted by atomic mass is 32.2. The second-order valence-corrected chi connectivity index (χ2v) is 11.5. The number of fused-ring (bicyclic) bond motifs is 1. The standard InChI is InChI=1S/C31H25N3O5S2/c35-24-14-8-7-13-22(24)28-32-21(18-41-28)17-25(36)33-26-29(37)34-23(15-16-40-30(26)34)31(38)39-27(19-9-3-1-4-10-19)20-11-5-2-6-12-20/h1-15,18,26-27,30,35H,16-17H2,(H,33,36). The van der Waals surface area contributed by atoms with Crippen LogP contribution < -0.4 is 5.32 Å². The van der Waals surface area contributed by atoms with Crippen LogP contribution in [0.25, 0.3) is 10.6 Å². The molecule has 1 aromatic heterocycles. The lowest BCUT2D eigenvalue weighted by atomic mass is 10.0. The lowest BCUT2D eigenvalue weighted by Crippen LogP contribution is -2.70. The zero-order valence-electron chi connectivity index (χ0n) is 21.7. The highest BCUT2D eigenvalue weighted by molar-refractivity contribution is 8.00. The van der Waals surface area contributed by atoms with Gasteiger partial charge >= 0.3 is 5.97 Å². The maximum Gasteiger partial charge on any atom is 0.355 e. The molecule has 2 aliphatic rings. The van der Waals surface area contributed by atoms with E-state index in [2.05, 4.69) is 10.3 Å². The third-order valence-corrected chi connectivity index (χ3v) is 8.94. The average Bonchev–Trinajstić information content (AvgIpc) is 3.47. The molecule has 206 valence electrons. The van der Waals surface area contributed by atoms with E-state index >= 15 is 0 Å². The summed E-state index contributed by atoms with van der Waals surface area (Å²) in [6, 6.07) is 25.0. The first kappa shape index (κ1) is 26.8. The molecule has 8 nitrogen and oxygen atoms in total. The van der Waals surface area contributed by atoms with E-state index in [4.69, 9.17) is 4.74 Å². The minimum absolute atomic E-state index is 0.00810. The Morgan fingerprint density at radius 1 is 1.00 bits per heavy atom. The van der Waals surface area contributed by atoms with Gasteiger partial charge in [-0.1, -0.05) is 72.8 Å². The molecule has 41 heavy (non-hydrogen) atoms. The number of aromatic nitrogens is 1. The first-order chi connectivity index (χ1) is 20.0. The topological polar surface area (TPSA) is 109 Å². The molecule has 2 aliphatic heterocycles. The Hall–Kier alpha value is -4.41. The number of carbonyl (C=O) groups is 3. The molecule has 0 radical (unpaired) electrons. The number of hydrogen-bond donors (Lipinski definition) is 2. The fourth-order valence-electron chi connectivity index (χ4n) is 4.84. The Morgan fingerprint density at radius 3 is 2.34 bits per heavy atom. The summed E-state index contributed by atoms with van der Waals surface area (Å²) in [5, 5.41) is 14.9. The van der Waals surface area contributed by atoms with Crippen LogP contribution in [-0.2, 0) is 25.5 Å². The fraction of sp³-hybridized carbons (Fsp3) is 0.161. The number of rotatable bonds is 8. The van der Waals surface area contributed by atoms with Crippen molar-refractivity contribution in [2.45, 2.75) is 23.9 Å². The van der Waals surface area contributed by atoms with Crippen LogP contribution in [0.2, 0.25) is 0 Å². The van der Waals surface area contributed by atoms with E-state index in [0.717, 1.165) is 11.1 Å². The molecule has 1 saturated heterocycles. The van der Waals surface area contributed by atoms with Gasteiger partial charge in [0.1, 0.15) is 27.9 Å². The molecule has 2 unspecified atom stereocenters. The summed E-state index contributed by atoms with van der Waals surface area (Å²) < 4.78 is 5.98. The van der Waals surface area contributed by atoms with Gasteiger partial charge in [0.15, 0.2) is 6.10 Å². The van der Waals surface area contributed by atoms with Crippen LogP contribution in [0.1, 0.15) is 22.9 Å². The van der Waals surface area contributed by atoms with E-state index in [1.54, 1.807) is 35.7 Å². The third kappa shape index (κ3) is 5.48. The van der Waals surface area contributed by atoms with Crippen LogP contribution >= 0.6 is 23.1 Å². The second kappa shape index (κ2) is 11.6. The lowest BCUT2D eigenvalue weighted by Gasteiger charge is -2.48. The fourth-order valence-corrected chi connectivity index (χ4v) is 6.88. The molecule has 6 rings (SSSR count). The van der Waals surface area contributed by atoms with Gasteiger partial charge in [-0.3, -0.25) is 14.5 Å². The number of para-hydroxylation sites is 1. The van der Waals surface area contributed by atoms with Crippen molar-refractivity contribution < 1.29 is 24.2 Å². The summed E-state index contributed by atoms with van der Waals surface area (Å²) in [5.74, 6) is -0.672. The van der Waals surface area contributed by atoms with Crippen LogP contribution in [0.15, 0.2) is 102 Å². The summed E-state index contributed by atoms with van der Waals surface area (Å²) in [6.07, 6.45) is 1.06. The molecule has 2 N–H and O–H groups in total. The minimum Gasteiger partial charge on any atom is -0.507 e. The van der Waals surface area contributed by atoms with Gasteiger partial charge in [0.2, 0.25) is 5.91 Å². The number of phenols is 1. The number of nitrogens with one attached hydrogen (secondary N) is 1. The Morgan fingerprint density at radius 2 is 1.66 bits per heavy atom. The van der Waals surface area contributed by atoms with Crippen molar-refractivity contribution in [1.29, 1.82) is 0 Å². The van der Waals surface area contributed by atoms with E-state index in [1.807, 2.05) is 60.7 Å². The van der Waals surface area contributed by atoms with Crippen molar-refractivity contribution in [3.8, 4) is 16.3 Å². The number of β-lactam (4-membered cyclic amide) rings is 1. The van der Waals surface area contributed by atoms with Crippen LogP contribution in [-0.4, -0.2) is 49.9 Å². The van der Waals surface area contributed by atoms with Gasteiger partial charge in [-0.2, -0.15) is 0 Å². The van der Waals surface area contributed by atoms with Crippen molar-refractivity contribution in [3.63, 3.8) is 0 Å². The molecule has 0 aliphatic carbocycles. The van der Waals surface area contributed by atoms with Crippen molar-refractivity contribution in [2.75, 3.05) is 5.75 Å². The average molecular weight is 584 g/mol. The molecule has 0 spiro atoms. The molecule has 3 aromatic carbocycles. The molecular weight excluding hydrogens is 558 g/mol. The quantitative estimate of drug-likeness (QED) is 0.229. The number of aromatic hydroxyl groups is 1. The first-order valence-corrected chi connectivity index (χ1v) is 14.9. The van der Waals surface area contributed by atoms with E-state index in [1.165, 1.54) is 28.0 Å². The van der Waals surface area contributed by atoms with Crippen molar-refractivity contribution in [2.24, 2.45) is 0 Å². The highest BCUT2D eigenvalue weighted by Gasteiger charge is 2.53. The second-order valence-electron chi connectivity index (χ2n) is 9.51. The number of esters is 1. The van der Waals surface area contributed by atoms with Crippen LogP contribution in [0.5, 0.6) is 5.75 Å². The lowest BCUT2D eigenvalue weighted by molar-refractivity contribution is -0.154. The molecule has 2 atom stereocenters. The van der Waals surface area contributed by atoms with Gasteiger partial charge < -0.3 is 15.2 Å².